The number of pyridine rings is 1. The number of alkyl carbamates (subject to hydrolysis) is 1. The summed E-state index contributed by atoms with van der Waals surface area (Å²) in [6.45, 7) is 20.4. The van der Waals surface area contributed by atoms with E-state index in [2.05, 4.69) is 75.0 Å². The van der Waals surface area contributed by atoms with Crippen LogP contribution in [0, 0.1) is 5.41 Å². The van der Waals surface area contributed by atoms with Crippen molar-refractivity contribution in [2.24, 2.45) is 5.41 Å². The Balaban J connectivity index is 1.23. The van der Waals surface area contributed by atoms with Gasteiger partial charge in [-0.05, 0) is 109 Å². The van der Waals surface area contributed by atoms with Crippen molar-refractivity contribution in [1.29, 1.82) is 0 Å². The zero-order chi connectivity index (χ0) is 45.9. The van der Waals surface area contributed by atoms with E-state index in [0.717, 1.165) is 71.0 Å². The third-order valence-electron chi connectivity index (χ3n) is 13.4. The molecule has 2 aromatic heterocycles. The molecule has 1 aromatic carbocycles. The molecule has 7 rings (SSSR count). The first kappa shape index (κ1) is 47.5. The number of piperazine rings is 1. The number of amides is 2. The van der Waals surface area contributed by atoms with E-state index in [1.54, 1.807) is 27.9 Å². The molecule has 0 aliphatic carbocycles. The number of aliphatic hydroxyl groups excluding tert-OH is 1. The van der Waals surface area contributed by atoms with Crippen molar-refractivity contribution in [2.45, 2.75) is 136 Å². The molecule has 3 aromatic rings. The van der Waals surface area contributed by atoms with Crippen LogP contribution in [0.5, 0.6) is 0 Å². The predicted molar refractivity (Wildman–Crippen MR) is 247 cm³/mol. The van der Waals surface area contributed by atoms with Gasteiger partial charge in [0, 0.05) is 94.1 Å². The average molecular weight is 889 g/mol. The Morgan fingerprint density at radius 2 is 1.77 bits per heavy atom. The Morgan fingerprint density at radius 1 is 0.984 bits per heavy atom. The molecule has 0 saturated carbocycles. The van der Waals surface area contributed by atoms with Gasteiger partial charge in [-0.15, -0.1) is 0 Å². The number of hydrogen-bond acceptors (Lipinski definition) is 12. The Morgan fingerprint density at radius 3 is 2.48 bits per heavy atom. The number of hydrazine groups is 1. The van der Waals surface area contributed by atoms with Gasteiger partial charge in [-0.25, -0.2) is 10.2 Å². The summed E-state index contributed by atoms with van der Waals surface area (Å²) in [4.78, 5) is 51.6. The topological polar surface area (TPSA) is 174 Å². The summed E-state index contributed by atoms with van der Waals surface area (Å²) in [5.74, 6) is -1.48. The number of rotatable bonds is 14. The van der Waals surface area contributed by atoms with Crippen molar-refractivity contribution in [3.63, 3.8) is 0 Å². The number of aliphatic hydroxyl groups is 1. The molecule has 0 radical (unpaired) electrons. The number of carboxylic acids is 1. The van der Waals surface area contributed by atoms with E-state index in [1.165, 1.54) is 30.8 Å². The van der Waals surface area contributed by atoms with Crippen LogP contribution in [-0.4, -0.2) is 144 Å². The number of piperidine rings is 1. The molecule has 4 saturated heterocycles. The number of fused-ring (bicyclic) bond motifs is 2. The Hall–Kier alpha value is -4.48. The van der Waals surface area contributed by atoms with Crippen LogP contribution < -0.4 is 20.5 Å². The van der Waals surface area contributed by atoms with Gasteiger partial charge in [0.1, 0.15) is 17.7 Å². The molecule has 4 N–H and O–H groups in total. The lowest BCUT2D eigenvalue weighted by Crippen LogP contribution is -2.61. The number of aliphatic carboxylic acids is 1. The second kappa shape index (κ2) is 19.9. The molecule has 352 valence electrons. The van der Waals surface area contributed by atoms with E-state index in [-0.39, 0.29) is 19.1 Å². The molecule has 5 atom stereocenters. The summed E-state index contributed by atoms with van der Waals surface area (Å²) in [5, 5.41) is 25.6. The number of ether oxygens (including phenoxy) is 3. The number of hydrogen-bond donors (Lipinski definition) is 4. The predicted octanol–water partition coefficient (Wildman–Crippen LogP) is 5.73. The molecule has 16 nitrogen and oxygen atoms in total. The van der Waals surface area contributed by atoms with Crippen LogP contribution >= 0.6 is 0 Å². The molecule has 64 heavy (non-hydrogen) atoms. The van der Waals surface area contributed by atoms with Gasteiger partial charge in [-0.1, -0.05) is 20.3 Å². The maximum Gasteiger partial charge on any atom is 0.408 e. The fourth-order valence-corrected chi connectivity index (χ4v) is 9.95. The molecule has 4 aliphatic heterocycles. The third-order valence-corrected chi connectivity index (χ3v) is 13.4. The number of carbonyl (C=O) groups is 3. The van der Waals surface area contributed by atoms with Crippen LogP contribution in [0.2, 0.25) is 0 Å². The minimum atomic E-state index is -1.04. The van der Waals surface area contributed by atoms with Gasteiger partial charge in [0.25, 0.3) is 5.91 Å². The first-order chi connectivity index (χ1) is 30.5. The number of methoxy groups -OCH3 is 1. The summed E-state index contributed by atoms with van der Waals surface area (Å²) in [6.07, 6.45) is 6.03. The highest BCUT2D eigenvalue weighted by Crippen LogP contribution is 2.43. The van der Waals surface area contributed by atoms with Gasteiger partial charge in [0.2, 0.25) is 0 Å². The zero-order valence-corrected chi connectivity index (χ0v) is 39.3. The van der Waals surface area contributed by atoms with E-state index >= 15 is 0 Å². The van der Waals surface area contributed by atoms with Crippen LogP contribution in [0.15, 0.2) is 30.5 Å². The molecule has 2 amide bonds. The lowest BCUT2D eigenvalue weighted by atomic mass is 9.84. The van der Waals surface area contributed by atoms with Crippen LogP contribution in [0.25, 0.3) is 22.2 Å². The quantitative estimate of drug-likeness (QED) is 0.155. The molecule has 4 unspecified atom stereocenters. The third kappa shape index (κ3) is 10.8. The minimum Gasteiger partial charge on any atom is -0.480 e. The lowest BCUT2D eigenvalue weighted by molar-refractivity contribution is -0.148. The molecule has 4 aliphatic rings. The average Bonchev–Trinajstić information content (AvgIpc) is 3.58. The summed E-state index contributed by atoms with van der Waals surface area (Å²) >= 11 is 0. The Kier molecular flexibility index (Phi) is 14.8. The van der Waals surface area contributed by atoms with E-state index < -0.39 is 47.2 Å². The maximum absolute atomic E-state index is 14.0. The highest BCUT2D eigenvalue weighted by Gasteiger charge is 2.37. The standard InChI is InChI=1S/C48H72N8O8/c1-9-55-41-16-15-32(54-21-22-63-35(29-54)25-40(50-46(61)64-47(3,4)5)44(58)56-18-12-14-39(51-56)45(59)60)23-36(41)38(26-48(6,7)30-57)43(55)37-24-34(27-49-42(37)31(2)62-8)53-20-19-52-17-11-10-13-33(52)28-53/h15-16,23-24,27,31,33,35,39-40,51,57H,9-14,17-22,25-26,28-30H2,1-8H3,(H,50,61)(H,59,60)/t31-,33?,35?,39?,40?/m0/s1. The molecule has 16 heteroatoms. The molecular weight excluding hydrogens is 817 g/mol. The highest BCUT2D eigenvalue weighted by atomic mass is 16.6. The fraction of sp³-hybridized carbons (Fsp3) is 0.667. The van der Waals surface area contributed by atoms with Gasteiger partial charge in [-0.3, -0.25) is 24.5 Å². The van der Waals surface area contributed by atoms with Gasteiger partial charge >= 0.3 is 12.1 Å². The van der Waals surface area contributed by atoms with Crippen molar-refractivity contribution in [1.82, 2.24) is 30.2 Å². The number of carbonyl (C=O) groups excluding carboxylic acids is 2. The van der Waals surface area contributed by atoms with E-state index in [4.69, 9.17) is 19.2 Å². The van der Waals surface area contributed by atoms with Gasteiger partial charge in [0.15, 0.2) is 0 Å². The Bertz CT molecular complexity index is 2140. The van der Waals surface area contributed by atoms with Crippen molar-refractivity contribution >= 4 is 40.2 Å². The summed E-state index contributed by atoms with van der Waals surface area (Å²) in [7, 11) is 1.73. The second-order valence-corrected chi connectivity index (χ2v) is 19.9. The number of carboxylic acid groups (broad SMARTS) is 1. The molecule has 0 spiro atoms. The second-order valence-electron chi connectivity index (χ2n) is 19.9. The van der Waals surface area contributed by atoms with Crippen LogP contribution in [-0.2, 0) is 36.8 Å². The number of benzene rings is 1. The first-order valence-corrected chi connectivity index (χ1v) is 23.4. The number of anilines is 2. The van der Waals surface area contributed by atoms with Crippen LogP contribution in [0.4, 0.5) is 16.2 Å². The Labute approximate surface area is 378 Å². The molecule has 4 fully saturated rings. The van der Waals surface area contributed by atoms with Crippen molar-refractivity contribution in [2.75, 3.05) is 75.9 Å². The largest absolute Gasteiger partial charge is 0.480 e. The molecule has 0 bridgehead atoms. The summed E-state index contributed by atoms with van der Waals surface area (Å²) in [5.41, 5.74) is 8.98. The SMILES string of the molecule is CCn1c(-c2cc(N3CCN4CCCCC4C3)cnc2[C@H](C)OC)c(CC(C)(C)CO)c2cc(N3CCOC(CC(NC(=O)OC(C)(C)C)C(=O)N4CCCC(C(=O)O)N4)C3)ccc21. The summed E-state index contributed by atoms with van der Waals surface area (Å²) < 4.78 is 20.2. The van der Waals surface area contributed by atoms with Crippen molar-refractivity contribution in [3.8, 4) is 11.3 Å². The van der Waals surface area contributed by atoms with Crippen molar-refractivity contribution < 1.29 is 38.8 Å². The van der Waals surface area contributed by atoms with Crippen molar-refractivity contribution in [3.05, 3.63) is 41.7 Å². The summed E-state index contributed by atoms with van der Waals surface area (Å²) in [6, 6.07) is 7.52. The number of morpholine rings is 1. The van der Waals surface area contributed by atoms with Gasteiger partial charge in [0.05, 0.1) is 42.1 Å². The van der Waals surface area contributed by atoms with E-state index in [9.17, 15) is 24.6 Å². The fourth-order valence-electron chi connectivity index (χ4n) is 9.95. The highest BCUT2D eigenvalue weighted by molar-refractivity contribution is 5.95. The molecular formula is C48H72N8O8. The number of nitrogens with one attached hydrogen (secondary N) is 2. The van der Waals surface area contributed by atoms with Gasteiger partial charge in [-0.2, -0.15) is 0 Å². The maximum atomic E-state index is 14.0. The smallest absolute Gasteiger partial charge is 0.408 e. The normalized spacial score (nSPS) is 22.3. The zero-order valence-electron chi connectivity index (χ0n) is 39.3. The number of aryl methyl sites for hydroxylation is 1. The van der Waals surface area contributed by atoms with Gasteiger partial charge < -0.3 is 44.1 Å². The number of nitrogens with zero attached hydrogens (tertiary/aromatic N) is 6. The molecule has 6 heterocycles. The number of aromatic nitrogens is 2. The lowest BCUT2D eigenvalue weighted by Gasteiger charge is -2.45. The van der Waals surface area contributed by atoms with E-state index in [1.807, 2.05) is 13.1 Å². The van der Waals surface area contributed by atoms with Crippen LogP contribution in [0.1, 0.15) is 104 Å². The monoisotopic (exact) mass is 889 g/mol. The first-order valence-electron chi connectivity index (χ1n) is 23.4. The van der Waals surface area contributed by atoms with Crippen LogP contribution in [0.3, 0.4) is 0 Å². The minimum absolute atomic E-state index is 0.0164. The van der Waals surface area contributed by atoms with E-state index in [0.29, 0.717) is 51.5 Å².